The molecular weight excluding hydrogens is 276 g/mol. The van der Waals surface area contributed by atoms with Gasteiger partial charge in [0.1, 0.15) is 11.5 Å². The van der Waals surface area contributed by atoms with Crippen LogP contribution in [0.2, 0.25) is 5.02 Å². The number of hydrogen-bond donors (Lipinski definition) is 0. The highest BCUT2D eigenvalue weighted by Gasteiger charge is 2.03. The van der Waals surface area contributed by atoms with Gasteiger partial charge in [-0.25, -0.2) is 0 Å². The van der Waals surface area contributed by atoms with Gasteiger partial charge in [0.05, 0.1) is 0 Å². The van der Waals surface area contributed by atoms with E-state index in [1.54, 1.807) is 0 Å². The topological polar surface area (TPSA) is 9.23 Å². The van der Waals surface area contributed by atoms with Crippen molar-refractivity contribution in [2.24, 2.45) is 0 Å². The van der Waals surface area contributed by atoms with Gasteiger partial charge >= 0.3 is 0 Å². The lowest BCUT2D eigenvalue weighted by Gasteiger charge is -2.10. The summed E-state index contributed by atoms with van der Waals surface area (Å²) in [5.41, 5.74) is 1.29. The minimum Gasteiger partial charge on any atom is -0.457 e. The van der Waals surface area contributed by atoms with Crippen molar-refractivity contribution < 1.29 is 4.74 Å². The summed E-state index contributed by atoms with van der Waals surface area (Å²) in [5.74, 6) is 2.80. The highest BCUT2D eigenvalue weighted by atomic mass is 35.5. The fourth-order valence-electron chi connectivity index (χ4n) is 1.65. The van der Waals surface area contributed by atoms with E-state index in [2.05, 4.69) is 26.0 Å². The molecule has 0 spiro atoms. The highest BCUT2D eigenvalue weighted by Crippen LogP contribution is 2.30. The van der Waals surface area contributed by atoms with Crippen molar-refractivity contribution >= 4 is 23.4 Å². The fourth-order valence-corrected chi connectivity index (χ4v) is 2.70. The van der Waals surface area contributed by atoms with Crippen molar-refractivity contribution in [2.75, 3.05) is 5.75 Å². The Hall–Kier alpha value is -1.12. The third-order valence-electron chi connectivity index (χ3n) is 2.67. The Labute approximate surface area is 123 Å². The quantitative estimate of drug-likeness (QED) is 0.630. The minimum atomic E-state index is 0.718. The van der Waals surface area contributed by atoms with Crippen LogP contribution in [-0.4, -0.2) is 5.75 Å². The minimum absolute atomic E-state index is 0.718. The van der Waals surface area contributed by atoms with Crippen molar-refractivity contribution in [3.63, 3.8) is 0 Å². The van der Waals surface area contributed by atoms with Gasteiger partial charge in [0.25, 0.3) is 0 Å². The number of hydrogen-bond acceptors (Lipinski definition) is 2. The number of ether oxygens (including phenoxy) is 1. The lowest BCUT2D eigenvalue weighted by Crippen LogP contribution is -1.87. The summed E-state index contributed by atoms with van der Waals surface area (Å²) in [5, 5.41) is 0.718. The van der Waals surface area contributed by atoms with E-state index in [9.17, 15) is 0 Å². The van der Waals surface area contributed by atoms with Crippen LogP contribution in [0.5, 0.6) is 11.5 Å². The normalized spacial score (nSPS) is 10.5. The van der Waals surface area contributed by atoms with E-state index in [0.717, 1.165) is 22.3 Å². The number of rotatable bonds is 5. The Balaban J connectivity index is 2.14. The lowest BCUT2D eigenvalue weighted by atomic mass is 10.2. The maximum Gasteiger partial charge on any atom is 0.128 e. The van der Waals surface area contributed by atoms with Gasteiger partial charge in [-0.2, -0.15) is 0 Å². The average Bonchev–Trinajstić information content (AvgIpc) is 2.42. The molecule has 0 amide bonds. The largest absolute Gasteiger partial charge is 0.457 e. The SMILES string of the molecule is CCCSc1cc(Oc2ccc(Cl)cc2)ccc1C. The second-order valence-electron chi connectivity index (χ2n) is 4.33. The van der Waals surface area contributed by atoms with Crippen molar-refractivity contribution in [3.8, 4) is 11.5 Å². The molecule has 2 aromatic rings. The number of halogens is 1. The van der Waals surface area contributed by atoms with Gasteiger partial charge in [-0.15, -0.1) is 11.8 Å². The van der Waals surface area contributed by atoms with Gasteiger partial charge < -0.3 is 4.74 Å². The molecule has 0 fully saturated rings. The second kappa shape index (κ2) is 6.88. The summed E-state index contributed by atoms with van der Waals surface area (Å²) < 4.78 is 5.84. The van der Waals surface area contributed by atoms with Gasteiger partial charge in [0, 0.05) is 9.92 Å². The van der Waals surface area contributed by atoms with Gasteiger partial charge in [-0.05, 0) is 61.1 Å². The Kier molecular flexibility index (Phi) is 5.17. The Bertz CT molecular complexity index is 537. The predicted octanol–water partition coefficient (Wildman–Crippen LogP) is 5.94. The summed E-state index contributed by atoms with van der Waals surface area (Å²) in [6, 6.07) is 13.6. The molecule has 2 rings (SSSR count). The summed E-state index contributed by atoms with van der Waals surface area (Å²) >= 11 is 7.73. The molecular formula is C16H17ClOS. The van der Waals surface area contributed by atoms with Crippen LogP contribution < -0.4 is 4.74 Å². The van der Waals surface area contributed by atoms with Gasteiger partial charge in [-0.1, -0.05) is 24.6 Å². The first-order chi connectivity index (χ1) is 9.19. The fraction of sp³-hybridized carbons (Fsp3) is 0.250. The van der Waals surface area contributed by atoms with Gasteiger partial charge in [0.2, 0.25) is 0 Å². The van der Waals surface area contributed by atoms with E-state index in [-0.39, 0.29) is 0 Å². The first-order valence-electron chi connectivity index (χ1n) is 6.36. The third kappa shape index (κ3) is 4.19. The average molecular weight is 293 g/mol. The summed E-state index contributed by atoms with van der Waals surface area (Å²) in [6.45, 7) is 4.32. The Morgan fingerprint density at radius 3 is 2.42 bits per heavy atom. The second-order valence-corrected chi connectivity index (χ2v) is 5.90. The molecule has 0 aliphatic rings. The zero-order valence-electron chi connectivity index (χ0n) is 11.2. The van der Waals surface area contributed by atoms with Crippen LogP contribution in [-0.2, 0) is 0 Å². The van der Waals surface area contributed by atoms with E-state index in [1.807, 2.05) is 42.1 Å². The standard InChI is InChI=1S/C16H17ClOS/c1-3-10-19-16-11-15(7-4-12(16)2)18-14-8-5-13(17)6-9-14/h4-9,11H,3,10H2,1-2H3. The molecule has 1 nitrogen and oxygen atoms in total. The molecule has 0 unspecified atom stereocenters. The molecule has 0 N–H and O–H groups in total. The van der Waals surface area contributed by atoms with E-state index in [0.29, 0.717) is 0 Å². The molecule has 0 atom stereocenters. The first kappa shape index (κ1) is 14.3. The molecule has 0 aliphatic carbocycles. The summed E-state index contributed by atoms with van der Waals surface area (Å²) in [6.07, 6.45) is 1.17. The van der Waals surface area contributed by atoms with Crippen LogP contribution in [0.25, 0.3) is 0 Å². The third-order valence-corrected chi connectivity index (χ3v) is 4.29. The maximum atomic E-state index is 5.86. The molecule has 3 heteroatoms. The van der Waals surface area contributed by atoms with E-state index in [4.69, 9.17) is 16.3 Å². The van der Waals surface area contributed by atoms with E-state index in [1.165, 1.54) is 16.9 Å². The van der Waals surface area contributed by atoms with Gasteiger partial charge in [0.15, 0.2) is 0 Å². The molecule has 0 aromatic heterocycles. The number of thioether (sulfide) groups is 1. The molecule has 100 valence electrons. The van der Waals surface area contributed by atoms with Crippen LogP contribution in [0.15, 0.2) is 47.4 Å². The van der Waals surface area contributed by atoms with E-state index < -0.39 is 0 Å². The Morgan fingerprint density at radius 1 is 1.05 bits per heavy atom. The number of benzene rings is 2. The van der Waals surface area contributed by atoms with Crippen molar-refractivity contribution in [2.45, 2.75) is 25.2 Å². The van der Waals surface area contributed by atoms with Crippen molar-refractivity contribution in [1.29, 1.82) is 0 Å². The lowest BCUT2D eigenvalue weighted by molar-refractivity contribution is 0.481. The van der Waals surface area contributed by atoms with Crippen molar-refractivity contribution in [1.82, 2.24) is 0 Å². The van der Waals surface area contributed by atoms with Crippen LogP contribution in [0.3, 0.4) is 0 Å². The number of aryl methyl sites for hydroxylation is 1. The van der Waals surface area contributed by atoms with Crippen LogP contribution in [0.1, 0.15) is 18.9 Å². The van der Waals surface area contributed by atoms with Gasteiger partial charge in [-0.3, -0.25) is 0 Å². The highest BCUT2D eigenvalue weighted by molar-refractivity contribution is 7.99. The first-order valence-corrected chi connectivity index (χ1v) is 7.72. The zero-order chi connectivity index (χ0) is 13.7. The maximum absolute atomic E-state index is 5.86. The van der Waals surface area contributed by atoms with Crippen molar-refractivity contribution in [3.05, 3.63) is 53.1 Å². The van der Waals surface area contributed by atoms with E-state index >= 15 is 0 Å². The predicted molar refractivity (Wildman–Crippen MR) is 83.7 cm³/mol. The molecule has 0 saturated heterocycles. The molecule has 0 radical (unpaired) electrons. The van der Waals surface area contributed by atoms with Crippen LogP contribution in [0.4, 0.5) is 0 Å². The summed E-state index contributed by atoms with van der Waals surface area (Å²) in [4.78, 5) is 1.29. The molecule has 2 aromatic carbocycles. The van der Waals surface area contributed by atoms with Crippen LogP contribution in [0, 0.1) is 6.92 Å². The van der Waals surface area contributed by atoms with Crippen LogP contribution >= 0.6 is 23.4 Å². The molecule has 0 aliphatic heterocycles. The molecule has 0 bridgehead atoms. The molecule has 0 saturated carbocycles. The smallest absolute Gasteiger partial charge is 0.128 e. The summed E-state index contributed by atoms with van der Waals surface area (Å²) in [7, 11) is 0. The molecule has 0 heterocycles. The zero-order valence-corrected chi connectivity index (χ0v) is 12.7. The monoisotopic (exact) mass is 292 g/mol. The molecule has 19 heavy (non-hydrogen) atoms. The Morgan fingerprint density at radius 2 is 1.74 bits per heavy atom.